The summed E-state index contributed by atoms with van der Waals surface area (Å²) in [5, 5.41) is 0. The van der Waals surface area contributed by atoms with E-state index < -0.39 is 5.91 Å². The van der Waals surface area contributed by atoms with Crippen molar-refractivity contribution in [2.75, 3.05) is 25.1 Å². The van der Waals surface area contributed by atoms with Gasteiger partial charge < -0.3 is 20.3 Å². The normalized spacial score (nSPS) is 15.4. The number of aryl methyl sites for hydroxylation is 3. The molecule has 2 aromatic heterocycles. The number of carbonyl (C=O) groups excluding carboxylic acids is 1. The van der Waals surface area contributed by atoms with Crippen molar-refractivity contribution in [3.8, 4) is 5.75 Å². The van der Waals surface area contributed by atoms with E-state index in [0.717, 1.165) is 73.7 Å². The number of methoxy groups -OCH3 is 1. The third-order valence-corrected chi connectivity index (χ3v) is 7.54. The Morgan fingerprint density at radius 3 is 2.46 bits per heavy atom. The Bertz CT molecular complexity index is 1150. The Labute approximate surface area is 220 Å². The van der Waals surface area contributed by atoms with Gasteiger partial charge in [0.2, 0.25) is 0 Å². The zero-order valence-corrected chi connectivity index (χ0v) is 22.5. The standard InChI is InChI=1S/C30H39N5O2/c1-21-19-24(33-23(3)29(21)30(31)36)9-8-22(2)34-17-14-27(15-18-34)35(20-25-7-5-6-16-32-25)26-10-12-28(37-4)13-11-26/h5-7,10-13,16,19,22,27H,8-9,14-15,17-18,20H2,1-4H3,(H2,31,36)/t22-/m1/s1. The highest BCUT2D eigenvalue weighted by molar-refractivity contribution is 5.95. The zero-order chi connectivity index (χ0) is 26.4. The van der Waals surface area contributed by atoms with Gasteiger partial charge in [-0.2, -0.15) is 0 Å². The zero-order valence-electron chi connectivity index (χ0n) is 22.5. The number of aromatic nitrogens is 2. The molecule has 7 heteroatoms. The Hall–Kier alpha value is -3.45. The van der Waals surface area contributed by atoms with Crippen LogP contribution in [0.3, 0.4) is 0 Å². The minimum absolute atomic E-state index is 0.406. The average molecular weight is 502 g/mol. The van der Waals surface area contributed by atoms with Crippen LogP contribution in [0, 0.1) is 13.8 Å². The van der Waals surface area contributed by atoms with E-state index >= 15 is 0 Å². The lowest BCUT2D eigenvalue weighted by atomic mass is 9.98. The van der Waals surface area contributed by atoms with Gasteiger partial charge in [0.1, 0.15) is 5.75 Å². The van der Waals surface area contributed by atoms with Gasteiger partial charge in [-0.05, 0) is 94.5 Å². The lowest BCUT2D eigenvalue weighted by Gasteiger charge is -2.41. The largest absolute Gasteiger partial charge is 0.497 e. The summed E-state index contributed by atoms with van der Waals surface area (Å²) in [4.78, 5) is 26.0. The van der Waals surface area contributed by atoms with Crippen LogP contribution in [-0.2, 0) is 13.0 Å². The first kappa shape index (κ1) is 26.6. The van der Waals surface area contributed by atoms with E-state index in [4.69, 9.17) is 10.5 Å². The fourth-order valence-corrected chi connectivity index (χ4v) is 5.46. The Morgan fingerprint density at radius 2 is 1.86 bits per heavy atom. The number of rotatable bonds is 10. The summed E-state index contributed by atoms with van der Waals surface area (Å²) in [6.45, 7) is 9.03. The summed E-state index contributed by atoms with van der Waals surface area (Å²) < 4.78 is 5.37. The number of benzene rings is 1. The molecule has 1 aliphatic heterocycles. The molecule has 1 saturated heterocycles. The third kappa shape index (κ3) is 6.66. The second kappa shape index (κ2) is 12.2. The van der Waals surface area contributed by atoms with E-state index in [2.05, 4.69) is 51.0 Å². The van der Waals surface area contributed by atoms with Gasteiger partial charge in [0, 0.05) is 42.8 Å². The van der Waals surface area contributed by atoms with Gasteiger partial charge in [-0.3, -0.25) is 14.8 Å². The monoisotopic (exact) mass is 501 g/mol. The molecule has 3 aromatic rings. The van der Waals surface area contributed by atoms with Gasteiger partial charge in [-0.1, -0.05) is 6.07 Å². The number of carbonyl (C=O) groups is 1. The maximum atomic E-state index is 11.7. The minimum atomic E-state index is -0.406. The van der Waals surface area contributed by atoms with Crippen LogP contribution in [0.15, 0.2) is 54.7 Å². The molecule has 1 atom stereocenters. The summed E-state index contributed by atoms with van der Waals surface area (Å²) >= 11 is 0. The maximum absolute atomic E-state index is 11.7. The first-order chi connectivity index (χ1) is 17.9. The minimum Gasteiger partial charge on any atom is -0.497 e. The van der Waals surface area contributed by atoms with Crippen molar-refractivity contribution in [1.29, 1.82) is 0 Å². The van der Waals surface area contributed by atoms with Gasteiger partial charge in [0.05, 0.1) is 30.6 Å². The molecule has 196 valence electrons. The SMILES string of the molecule is COc1ccc(N(Cc2ccccn2)C2CCN([C@H](C)CCc3cc(C)c(C(N)=O)c(C)n3)CC2)cc1. The van der Waals surface area contributed by atoms with E-state index in [9.17, 15) is 4.79 Å². The number of amides is 1. The molecule has 37 heavy (non-hydrogen) atoms. The Morgan fingerprint density at radius 1 is 1.14 bits per heavy atom. The molecule has 0 aliphatic carbocycles. The molecule has 0 bridgehead atoms. The summed E-state index contributed by atoms with van der Waals surface area (Å²) in [5.41, 5.74) is 11.0. The van der Waals surface area contributed by atoms with Crippen LogP contribution < -0.4 is 15.4 Å². The van der Waals surface area contributed by atoms with Crippen LogP contribution in [0.4, 0.5) is 5.69 Å². The second-order valence-electron chi connectivity index (χ2n) is 10.1. The first-order valence-corrected chi connectivity index (χ1v) is 13.2. The molecule has 0 radical (unpaired) electrons. The number of ether oxygens (including phenoxy) is 1. The second-order valence-corrected chi connectivity index (χ2v) is 10.1. The predicted molar refractivity (Wildman–Crippen MR) is 148 cm³/mol. The quantitative estimate of drug-likeness (QED) is 0.434. The molecule has 7 nitrogen and oxygen atoms in total. The molecule has 1 fully saturated rings. The van der Waals surface area contributed by atoms with E-state index in [1.54, 1.807) is 7.11 Å². The molecule has 2 N–H and O–H groups in total. The number of nitrogens with zero attached hydrogens (tertiary/aromatic N) is 4. The van der Waals surface area contributed by atoms with Crippen molar-refractivity contribution >= 4 is 11.6 Å². The highest BCUT2D eigenvalue weighted by Gasteiger charge is 2.27. The lowest BCUT2D eigenvalue weighted by Crippen LogP contribution is -2.47. The molecule has 1 amide bonds. The molecular formula is C30H39N5O2. The first-order valence-electron chi connectivity index (χ1n) is 13.2. The number of likely N-dealkylation sites (tertiary alicyclic amines) is 1. The summed E-state index contributed by atoms with van der Waals surface area (Å²) in [5.74, 6) is 0.464. The molecule has 4 rings (SSSR count). The molecule has 1 aromatic carbocycles. The van der Waals surface area contributed by atoms with E-state index in [1.165, 1.54) is 5.69 Å². The molecule has 0 spiro atoms. The Balaban J connectivity index is 1.38. The van der Waals surface area contributed by atoms with Crippen LogP contribution in [0.5, 0.6) is 5.75 Å². The molecular weight excluding hydrogens is 462 g/mol. The number of pyridine rings is 2. The van der Waals surface area contributed by atoms with Crippen molar-refractivity contribution in [2.24, 2.45) is 5.73 Å². The highest BCUT2D eigenvalue weighted by Crippen LogP contribution is 2.28. The van der Waals surface area contributed by atoms with Crippen LogP contribution in [0.2, 0.25) is 0 Å². The average Bonchev–Trinajstić information content (AvgIpc) is 2.90. The number of hydrogen-bond acceptors (Lipinski definition) is 6. The Kier molecular flexibility index (Phi) is 8.77. The highest BCUT2D eigenvalue weighted by atomic mass is 16.5. The van der Waals surface area contributed by atoms with Crippen molar-refractivity contribution in [1.82, 2.24) is 14.9 Å². The molecule has 0 saturated carbocycles. The number of anilines is 1. The lowest BCUT2D eigenvalue weighted by molar-refractivity contribution is 0.0998. The van der Waals surface area contributed by atoms with Gasteiger partial charge in [-0.25, -0.2) is 0 Å². The van der Waals surface area contributed by atoms with Gasteiger partial charge in [0.15, 0.2) is 0 Å². The predicted octanol–water partition coefficient (Wildman–Crippen LogP) is 4.69. The molecule has 3 heterocycles. The molecule has 1 aliphatic rings. The van der Waals surface area contributed by atoms with Gasteiger partial charge in [-0.15, -0.1) is 0 Å². The van der Waals surface area contributed by atoms with E-state index in [0.29, 0.717) is 17.6 Å². The number of hydrogen-bond donors (Lipinski definition) is 1. The number of nitrogens with two attached hydrogens (primary N) is 1. The summed E-state index contributed by atoms with van der Waals surface area (Å²) in [7, 11) is 1.70. The summed E-state index contributed by atoms with van der Waals surface area (Å²) in [6, 6.07) is 17.4. The van der Waals surface area contributed by atoms with Crippen LogP contribution in [-0.4, -0.2) is 53.1 Å². The maximum Gasteiger partial charge on any atom is 0.250 e. The number of piperidine rings is 1. The van der Waals surface area contributed by atoms with Crippen molar-refractivity contribution in [3.05, 3.63) is 82.9 Å². The fraction of sp³-hybridized carbons (Fsp3) is 0.433. The smallest absolute Gasteiger partial charge is 0.250 e. The van der Waals surface area contributed by atoms with Crippen LogP contribution in [0.1, 0.15) is 59.2 Å². The van der Waals surface area contributed by atoms with E-state index in [1.807, 2.05) is 44.3 Å². The summed E-state index contributed by atoms with van der Waals surface area (Å²) in [6.07, 6.45) is 5.99. The molecule has 0 unspecified atom stereocenters. The van der Waals surface area contributed by atoms with Crippen molar-refractivity contribution in [2.45, 2.75) is 65.1 Å². The van der Waals surface area contributed by atoms with Crippen LogP contribution in [0.25, 0.3) is 0 Å². The van der Waals surface area contributed by atoms with Crippen molar-refractivity contribution < 1.29 is 9.53 Å². The van der Waals surface area contributed by atoms with Gasteiger partial charge >= 0.3 is 0 Å². The number of primary amides is 1. The van der Waals surface area contributed by atoms with E-state index in [-0.39, 0.29) is 0 Å². The van der Waals surface area contributed by atoms with Crippen LogP contribution >= 0.6 is 0 Å². The fourth-order valence-electron chi connectivity index (χ4n) is 5.46. The van der Waals surface area contributed by atoms with Gasteiger partial charge in [0.25, 0.3) is 5.91 Å². The van der Waals surface area contributed by atoms with Crippen molar-refractivity contribution in [3.63, 3.8) is 0 Å². The topological polar surface area (TPSA) is 84.6 Å². The third-order valence-electron chi connectivity index (χ3n) is 7.54.